The minimum atomic E-state index is 0.0300. The lowest BCUT2D eigenvalue weighted by molar-refractivity contribution is 0.117. The van der Waals surface area contributed by atoms with Crippen molar-refractivity contribution >= 4 is 23.2 Å². The number of hydrogen-bond donors (Lipinski definition) is 1. The second kappa shape index (κ2) is 4.15. The molecule has 3 rings (SSSR count). The van der Waals surface area contributed by atoms with Crippen molar-refractivity contribution in [3.05, 3.63) is 33.8 Å². The van der Waals surface area contributed by atoms with E-state index in [0.717, 1.165) is 46.7 Å². The maximum Gasteiger partial charge on any atom is 0.0490 e. The molecule has 0 amide bonds. The lowest BCUT2D eigenvalue weighted by Crippen LogP contribution is -2.26. The maximum atomic E-state index is 9.71. The predicted molar refractivity (Wildman–Crippen MR) is 70.5 cm³/mol. The van der Waals surface area contributed by atoms with Crippen LogP contribution in [0.1, 0.15) is 24.8 Å². The molecule has 0 radical (unpaired) electrons. The van der Waals surface area contributed by atoms with Crippen LogP contribution in [0.2, 0.25) is 10.0 Å². The van der Waals surface area contributed by atoms with E-state index in [1.807, 2.05) is 18.2 Å². The molecule has 2 atom stereocenters. The Hall–Kier alpha value is -0.240. The summed E-state index contributed by atoms with van der Waals surface area (Å²) in [5.74, 6) is 1.70. The van der Waals surface area contributed by atoms with Gasteiger partial charge < -0.3 is 5.11 Å². The van der Waals surface area contributed by atoms with Crippen LogP contribution in [0.4, 0.5) is 0 Å². The molecule has 3 heteroatoms. The van der Waals surface area contributed by atoms with Crippen LogP contribution < -0.4 is 0 Å². The fourth-order valence-electron chi connectivity index (χ4n) is 3.41. The molecule has 1 nitrogen and oxygen atoms in total. The third kappa shape index (κ3) is 2.09. The van der Waals surface area contributed by atoms with Crippen LogP contribution >= 0.6 is 23.2 Å². The first-order valence-corrected chi connectivity index (χ1v) is 6.93. The predicted octanol–water partition coefficient (Wildman–Crippen LogP) is 3.94. The van der Waals surface area contributed by atoms with Gasteiger partial charge in [0.2, 0.25) is 0 Å². The van der Waals surface area contributed by atoms with E-state index in [4.69, 9.17) is 23.2 Å². The summed E-state index contributed by atoms with van der Waals surface area (Å²) in [6.07, 6.45) is 4.44. The van der Waals surface area contributed by atoms with Gasteiger partial charge in [-0.3, -0.25) is 0 Å². The summed E-state index contributed by atoms with van der Waals surface area (Å²) in [5, 5.41) is 11.2. The molecule has 0 bridgehead atoms. The van der Waals surface area contributed by atoms with Gasteiger partial charge in [-0.2, -0.15) is 0 Å². The Kier molecular flexibility index (Phi) is 2.89. The minimum absolute atomic E-state index is 0.0300. The quantitative estimate of drug-likeness (QED) is 0.882. The van der Waals surface area contributed by atoms with Crippen LogP contribution in [0, 0.1) is 17.3 Å². The number of halogens is 2. The third-order valence-corrected chi connectivity index (χ3v) is 5.12. The molecule has 2 saturated carbocycles. The van der Waals surface area contributed by atoms with Gasteiger partial charge in [-0.25, -0.2) is 0 Å². The second-order valence-electron chi connectivity index (χ2n) is 5.70. The maximum absolute atomic E-state index is 9.71. The Balaban J connectivity index is 1.86. The Morgan fingerprint density at radius 1 is 1.18 bits per heavy atom. The van der Waals surface area contributed by atoms with Crippen molar-refractivity contribution in [1.82, 2.24) is 0 Å². The highest BCUT2D eigenvalue weighted by atomic mass is 35.5. The molecule has 0 saturated heterocycles. The van der Waals surface area contributed by atoms with Crippen molar-refractivity contribution in [3.8, 4) is 0 Å². The lowest BCUT2D eigenvalue weighted by atomic mass is 9.78. The molecule has 17 heavy (non-hydrogen) atoms. The smallest absolute Gasteiger partial charge is 0.0490 e. The molecule has 0 aliphatic heterocycles. The summed E-state index contributed by atoms with van der Waals surface area (Å²) in [5.41, 5.74) is 1.04. The van der Waals surface area contributed by atoms with Gasteiger partial charge in [-0.15, -0.1) is 0 Å². The normalized spacial score (nSPS) is 34.8. The minimum Gasteiger partial charge on any atom is -0.396 e. The highest BCUT2D eigenvalue weighted by Crippen LogP contribution is 2.61. The molecule has 2 unspecified atom stereocenters. The van der Waals surface area contributed by atoms with E-state index in [-0.39, 0.29) is 12.0 Å². The first-order chi connectivity index (χ1) is 8.13. The fraction of sp³-hybridized carbons (Fsp3) is 0.571. The molecule has 2 fully saturated rings. The van der Waals surface area contributed by atoms with Crippen molar-refractivity contribution in [2.75, 3.05) is 6.61 Å². The van der Waals surface area contributed by atoms with E-state index in [1.165, 1.54) is 6.42 Å². The summed E-state index contributed by atoms with van der Waals surface area (Å²) in [4.78, 5) is 0. The Bertz CT molecular complexity index is 414. The lowest BCUT2D eigenvalue weighted by Gasteiger charge is -2.29. The van der Waals surface area contributed by atoms with Crippen LogP contribution in [0.25, 0.3) is 0 Å². The van der Waals surface area contributed by atoms with E-state index in [0.29, 0.717) is 0 Å². The van der Waals surface area contributed by atoms with E-state index >= 15 is 0 Å². The molecule has 92 valence electrons. The topological polar surface area (TPSA) is 20.2 Å². The Labute approximate surface area is 112 Å². The first kappa shape index (κ1) is 11.8. The van der Waals surface area contributed by atoms with Gasteiger partial charge >= 0.3 is 0 Å². The number of hydrogen-bond acceptors (Lipinski definition) is 1. The van der Waals surface area contributed by atoms with Gasteiger partial charge in [0.15, 0.2) is 0 Å². The van der Waals surface area contributed by atoms with Crippen LogP contribution in [0.15, 0.2) is 18.2 Å². The largest absolute Gasteiger partial charge is 0.396 e. The Morgan fingerprint density at radius 3 is 2.29 bits per heavy atom. The SMILES string of the molecule is OCC1(Cc2c(Cl)cccc2Cl)CC2CC2C1. The van der Waals surface area contributed by atoms with E-state index in [1.54, 1.807) is 0 Å². The zero-order valence-electron chi connectivity index (χ0n) is 9.63. The van der Waals surface area contributed by atoms with Crippen molar-refractivity contribution < 1.29 is 5.11 Å². The third-order valence-electron chi connectivity index (χ3n) is 4.41. The van der Waals surface area contributed by atoms with Gasteiger partial charge in [0.1, 0.15) is 0 Å². The first-order valence-electron chi connectivity index (χ1n) is 6.17. The molecular weight excluding hydrogens is 255 g/mol. The Morgan fingerprint density at radius 2 is 1.76 bits per heavy atom. The van der Waals surface area contributed by atoms with Crippen LogP contribution in [-0.4, -0.2) is 11.7 Å². The van der Waals surface area contributed by atoms with E-state index in [2.05, 4.69) is 0 Å². The number of aliphatic hydroxyl groups excluding tert-OH is 1. The van der Waals surface area contributed by atoms with E-state index in [9.17, 15) is 5.11 Å². The van der Waals surface area contributed by atoms with Crippen molar-refractivity contribution in [2.24, 2.45) is 17.3 Å². The van der Waals surface area contributed by atoms with Gasteiger partial charge in [-0.1, -0.05) is 29.3 Å². The zero-order chi connectivity index (χ0) is 12.0. The average Bonchev–Trinajstić information content (AvgIpc) is 2.93. The number of rotatable bonds is 3. The van der Waals surface area contributed by atoms with Crippen LogP contribution in [-0.2, 0) is 6.42 Å². The van der Waals surface area contributed by atoms with Crippen LogP contribution in [0.5, 0.6) is 0 Å². The summed E-state index contributed by atoms with van der Waals surface area (Å²) < 4.78 is 0. The molecular formula is C14H16Cl2O. The summed E-state index contributed by atoms with van der Waals surface area (Å²) in [6, 6.07) is 5.62. The molecule has 0 spiro atoms. The van der Waals surface area contributed by atoms with Gasteiger partial charge in [0, 0.05) is 16.7 Å². The van der Waals surface area contributed by atoms with Crippen molar-refractivity contribution in [1.29, 1.82) is 0 Å². The average molecular weight is 271 g/mol. The van der Waals surface area contributed by atoms with Gasteiger partial charge in [0.25, 0.3) is 0 Å². The highest BCUT2D eigenvalue weighted by molar-refractivity contribution is 6.36. The second-order valence-corrected chi connectivity index (χ2v) is 6.51. The molecule has 1 aromatic rings. The molecule has 0 heterocycles. The molecule has 1 N–H and O–H groups in total. The standard InChI is InChI=1S/C14H16Cl2O/c15-12-2-1-3-13(16)11(12)7-14(8-17)5-9-4-10(9)6-14/h1-3,9-10,17H,4-8H2. The molecule has 1 aromatic carbocycles. The number of aliphatic hydroxyl groups is 1. The van der Waals surface area contributed by atoms with Crippen LogP contribution in [0.3, 0.4) is 0 Å². The van der Waals surface area contributed by atoms with Crippen molar-refractivity contribution in [2.45, 2.75) is 25.7 Å². The molecule has 0 aromatic heterocycles. The van der Waals surface area contributed by atoms with Gasteiger partial charge in [-0.05, 0) is 60.6 Å². The highest BCUT2D eigenvalue weighted by Gasteiger charge is 2.53. The van der Waals surface area contributed by atoms with E-state index < -0.39 is 0 Å². The monoisotopic (exact) mass is 270 g/mol. The summed E-state index contributed by atoms with van der Waals surface area (Å²) >= 11 is 12.4. The summed E-state index contributed by atoms with van der Waals surface area (Å²) in [7, 11) is 0. The van der Waals surface area contributed by atoms with Gasteiger partial charge in [0.05, 0.1) is 0 Å². The summed E-state index contributed by atoms with van der Waals surface area (Å²) in [6.45, 7) is 0.252. The zero-order valence-corrected chi connectivity index (χ0v) is 11.1. The molecule has 2 aliphatic rings. The van der Waals surface area contributed by atoms with Crippen molar-refractivity contribution in [3.63, 3.8) is 0 Å². The fourth-order valence-corrected chi connectivity index (χ4v) is 3.94. The number of fused-ring (bicyclic) bond motifs is 1. The number of benzene rings is 1. The molecule has 2 aliphatic carbocycles.